The van der Waals surface area contributed by atoms with Crippen molar-refractivity contribution in [3.8, 4) is 0 Å². The Hall–Kier alpha value is -1.74. The van der Waals surface area contributed by atoms with Crippen molar-refractivity contribution in [3.63, 3.8) is 0 Å². The maximum atomic E-state index is 11.5. The van der Waals surface area contributed by atoms with Crippen LogP contribution in [-0.4, -0.2) is 35.5 Å². The van der Waals surface area contributed by atoms with Crippen molar-refractivity contribution in [1.29, 1.82) is 0 Å². The van der Waals surface area contributed by atoms with Crippen molar-refractivity contribution >= 4 is 38.5 Å². The van der Waals surface area contributed by atoms with Gasteiger partial charge >= 0.3 is 0 Å². The maximum absolute atomic E-state index is 11.5. The topological polar surface area (TPSA) is 101 Å². The zero-order valence-corrected chi connectivity index (χ0v) is 13.0. The van der Waals surface area contributed by atoms with E-state index in [0.29, 0.717) is 17.2 Å². The summed E-state index contributed by atoms with van der Waals surface area (Å²) in [4.78, 5) is 10.1. The van der Waals surface area contributed by atoms with Crippen LogP contribution >= 0.6 is 12.2 Å². The Kier molecular flexibility index (Phi) is 4.15. The highest BCUT2D eigenvalue weighted by atomic mass is 32.2. The number of nitrogens with one attached hydrogen (secondary N) is 2. The number of nitro groups is 1. The number of thiocarbonyl (C=S) groups is 1. The average molecular weight is 329 g/mol. The van der Waals surface area contributed by atoms with Crippen molar-refractivity contribution in [2.24, 2.45) is 0 Å². The Morgan fingerprint density at radius 3 is 2.48 bits per heavy atom. The summed E-state index contributed by atoms with van der Waals surface area (Å²) in [5.41, 5.74) is 0.0137. The molecule has 1 saturated heterocycles. The molecule has 0 unspecified atom stereocenters. The lowest BCUT2D eigenvalue weighted by atomic mass is 10.0. The van der Waals surface area contributed by atoms with E-state index in [-0.39, 0.29) is 17.2 Å². The van der Waals surface area contributed by atoms with E-state index in [1.165, 1.54) is 12.1 Å². The molecule has 1 aromatic carbocycles. The number of nitro benzene ring substituents is 1. The van der Waals surface area contributed by atoms with Gasteiger partial charge < -0.3 is 10.6 Å². The van der Waals surface area contributed by atoms with Crippen LogP contribution in [0.2, 0.25) is 0 Å². The van der Waals surface area contributed by atoms with E-state index in [1.54, 1.807) is 19.1 Å². The van der Waals surface area contributed by atoms with E-state index >= 15 is 0 Å². The second-order valence-electron chi connectivity index (χ2n) is 5.29. The lowest BCUT2D eigenvalue weighted by Gasteiger charge is -2.25. The molecular formula is C12H15N3O4S2. The fourth-order valence-corrected chi connectivity index (χ4v) is 4.67. The molecular weight excluding hydrogens is 314 g/mol. The molecule has 1 aromatic rings. The highest BCUT2D eigenvalue weighted by Gasteiger charge is 2.38. The summed E-state index contributed by atoms with van der Waals surface area (Å²) in [5, 5.41) is 16.7. The number of rotatable bonds is 3. The van der Waals surface area contributed by atoms with Gasteiger partial charge in [-0.3, -0.25) is 10.1 Å². The molecule has 0 spiro atoms. The first kappa shape index (κ1) is 15.6. The summed E-state index contributed by atoms with van der Waals surface area (Å²) in [5.74, 6) is 0.193. The predicted molar refractivity (Wildman–Crippen MR) is 84.1 cm³/mol. The predicted octanol–water partition coefficient (Wildman–Crippen LogP) is 1.46. The third-order valence-corrected chi connectivity index (χ3v) is 5.36. The molecule has 1 atom stereocenters. The SMILES string of the molecule is C[C@@]1(NC(=S)Nc2ccc([N+](=O)[O-])cc2)CCS(=O)(=O)C1. The van der Waals surface area contributed by atoms with Crippen molar-refractivity contribution in [1.82, 2.24) is 5.32 Å². The molecule has 1 heterocycles. The minimum atomic E-state index is -3.01. The van der Waals surface area contributed by atoms with E-state index in [1.807, 2.05) is 0 Å². The Morgan fingerprint density at radius 2 is 2.00 bits per heavy atom. The van der Waals surface area contributed by atoms with Crippen LogP contribution in [0.3, 0.4) is 0 Å². The van der Waals surface area contributed by atoms with Gasteiger partial charge in [0.25, 0.3) is 5.69 Å². The Morgan fingerprint density at radius 1 is 1.38 bits per heavy atom. The number of non-ortho nitro benzene ring substituents is 1. The van der Waals surface area contributed by atoms with Gasteiger partial charge in [-0.1, -0.05) is 0 Å². The zero-order valence-electron chi connectivity index (χ0n) is 11.3. The molecule has 0 bridgehead atoms. The zero-order chi connectivity index (χ0) is 15.7. The highest BCUT2D eigenvalue weighted by molar-refractivity contribution is 7.91. The van der Waals surface area contributed by atoms with Gasteiger partial charge in [-0.15, -0.1) is 0 Å². The van der Waals surface area contributed by atoms with Crippen molar-refractivity contribution < 1.29 is 13.3 Å². The average Bonchev–Trinajstić information content (AvgIpc) is 2.63. The summed E-state index contributed by atoms with van der Waals surface area (Å²) < 4.78 is 23.0. The molecule has 2 rings (SSSR count). The number of sulfone groups is 1. The van der Waals surface area contributed by atoms with Crippen LogP contribution in [0.1, 0.15) is 13.3 Å². The van der Waals surface area contributed by atoms with Crippen LogP contribution in [0, 0.1) is 10.1 Å². The Bertz CT molecular complexity index is 672. The van der Waals surface area contributed by atoms with Gasteiger partial charge in [0, 0.05) is 17.8 Å². The van der Waals surface area contributed by atoms with Crippen LogP contribution in [-0.2, 0) is 9.84 Å². The first-order valence-electron chi connectivity index (χ1n) is 6.23. The minimum absolute atomic E-state index is 0.00623. The summed E-state index contributed by atoms with van der Waals surface area (Å²) in [7, 11) is -3.01. The number of anilines is 1. The van der Waals surface area contributed by atoms with Crippen LogP contribution in [0.25, 0.3) is 0 Å². The molecule has 0 saturated carbocycles. The van der Waals surface area contributed by atoms with Gasteiger partial charge in [0.05, 0.1) is 22.0 Å². The molecule has 1 fully saturated rings. The smallest absolute Gasteiger partial charge is 0.269 e. The normalized spacial score (nSPS) is 23.5. The van der Waals surface area contributed by atoms with Gasteiger partial charge in [0.1, 0.15) is 0 Å². The summed E-state index contributed by atoms with van der Waals surface area (Å²) in [6, 6.07) is 5.82. The molecule has 0 radical (unpaired) electrons. The van der Waals surface area contributed by atoms with Crippen LogP contribution < -0.4 is 10.6 Å². The highest BCUT2D eigenvalue weighted by Crippen LogP contribution is 2.23. The monoisotopic (exact) mass is 329 g/mol. The molecule has 0 aromatic heterocycles. The standard InChI is InChI=1S/C12H15N3O4S2/c1-12(6-7-21(18,19)8-12)14-11(20)13-9-2-4-10(5-3-9)15(16)17/h2-5H,6-8H2,1H3,(H2,13,14,20)/t12-/m1/s1. The quantitative estimate of drug-likeness (QED) is 0.492. The fraction of sp³-hybridized carbons (Fsp3) is 0.417. The second-order valence-corrected chi connectivity index (χ2v) is 7.88. The second kappa shape index (κ2) is 5.57. The van der Waals surface area contributed by atoms with Gasteiger partial charge in [-0.2, -0.15) is 0 Å². The summed E-state index contributed by atoms with van der Waals surface area (Å²) in [6.45, 7) is 1.81. The van der Waals surface area contributed by atoms with E-state index in [0.717, 1.165) is 0 Å². The van der Waals surface area contributed by atoms with E-state index in [2.05, 4.69) is 10.6 Å². The maximum Gasteiger partial charge on any atom is 0.269 e. The molecule has 9 heteroatoms. The lowest BCUT2D eigenvalue weighted by Crippen LogP contribution is -2.48. The number of hydrogen-bond acceptors (Lipinski definition) is 5. The molecule has 7 nitrogen and oxygen atoms in total. The molecule has 2 N–H and O–H groups in total. The first-order valence-corrected chi connectivity index (χ1v) is 8.46. The van der Waals surface area contributed by atoms with Crippen molar-refractivity contribution in [3.05, 3.63) is 34.4 Å². The molecule has 114 valence electrons. The minimum Gasteiger partial charge on any atom is -0.356 e. The number of benzene rings is 1. The Balaban J connectivity index is 1.97. The summed E-state index contributed by atoms with van der Waals surface area (Å²) >= 11 is 5.15. The number of hydrogen-bond donors (Lipinski definition) is 2. The third kappa shape index (κ3) is 4.11. The van der Waals surface area contributed by atoms with E-state index in [4.69, 9.17) is 12.2 Å². The van der Waals surface area contributed by atoms with E-state index in [9.17, 15) is 18.5 Å². The van der Waals surface area contributed by atoms with Crippen molar-refractivity contribution in [2.75, 3.05) is 16.8 Å². The van der Waals surface area contributed by atoms with Crippen LogP contribution in [0.4, 0.5) is 11.4 Å². The summed E-state index contributed by atoms with van der Waals surface area (Å²) in [6.07, 6.45) is 0.497. The Labute approximate surface area is 127 Å². The van der Waals surface area contributed by atoms with E-state index < -0.39 is 20.3 Å². The molecule has 0 aliphatic carbocycles. The van der Waals surface area contributed by atoms with Gasteiger partial charge in [0.2, 0.25) is 0 Å². The third-order valence-electron chi connectivity index (χ3n) is 3.25. The number of nitrogens with zero attached hydrogens (tertiary/aromatic N) is 1. The van der Waals surface area contributed by atoms with Gasteiger partial charge in [0.15, 0.2) is 14.9 Å². The molecule has 0 amide bonds. The largest absolute Gasteiger partial charge is 0.356 e. The van der Waals surface area contributed by atoms with Crippen molar-refractivity contribution in [2.45, 2.75) is 18.9 Å². The van der Waals surface area contributed by atoms with Crippen LogP contribution in [0.5, 0.6) is 0 Å². The van der Waals surface area contributed by atoms with Gasteiger partial charge in [-0.05, 0) is 37.7 Å². The fourth-order valence-electron chi connectivity index (χ4n) is 2.21. The molecule has 1 aliphatic rings. The van der Waals surface area contributed by atoms with Gasteiger partial charge in [-0.25, -0.2) is 8.42 Å². The first-order chi connectivity index (χ1) is 9.69. The molecule has 1 aliphatic heterocycles. The van der Waals surface area contributed by atoms with Crippen LogP contribution in [0.15, 0.2) is 24.3 Å². The lowest BCUT2D eigenvalue weighted by molar-refractivity contribution is -0.384. The molecule has 21 heavy (non-hydrogen) atoms.